The molecule has 0 bridgehead atoms. The van der Waals surface area contributed by atoms with E-state index in [0.29, 0.717) is 19.6 Å². The van der Waals surface area contributed by atoms with Gasteiger partial charge in [0.15, 0.2) is 0 Å². The number of nitrogens with zero attached hydrogens (tertiary/aromatic N) is 1. The molecule has 2 fully saturated rings. The second kappa shape index (κ2) is 6.21. The smallest absolute Gasteiger partial charge is 0.224 e. The molecular weight excluding hydrogens is 290 g/mol. The highest BCUT2D eigenvalue weighted by molar-refractivity contribution is 5.84. The molecule has 0 aromatic carbocycles. The Labute approximate surface area is 128 Å². The van der Waals surface area contributed by atoms with E-state index < -0.39 is 0 Å². The SMILES string of the molecule is CC(=O)N[C@H]1CO[C@H]2[C@@H]1OC[C@@H]2NC(=O)CC1CC(C)=NO1. The van der Waals surface area contributed by atoms with E-state index in [9.17, 15) is 9.59 Å². The Kier molecular flexibility index (Phi) is 4.30. The zero-order valence-corrected chi connectivity index (χ0v) is 12.7. The number of nitrogens with one attached hydrogen (secondary N) is 2. The fourth-order valence-electron chi connectivity index (χ4n) is 3.16. The Hall–Kier alpha value is -1.67. The average Bonchev–Trinajstić information content (AvgIpc) is 3.10. The van der Waals surface area contributed by atoms with Crippen LogP contribution in [0.1, 0.15) is 26.7 Å². The van der Waals surface area contributed by atoms with Crippen LogP contribution in [0, 0.1) is 0 Å². The average molecular weight is 311 g/mol. The first kappa shape index (κ1) is 15.2. The van der Waals surface area contributed by atoms with Gasteiger partial charge in [0.25, 0.3) is 0 Å². The third-order valence-electron chi connectivity index (χ3n) is 4.08. The number of rotatable bonds is 4. The highest BCUT2D eigenvalue weighted by Gasteiger charge is 2.48. The Morgan fingerprint density at radius 2 is 1.82 bits per heavy atom. The van der Waals surface area contributed by atoms with Gasteiger partial charge >= 0.3 is 0 Å². The van der Waals surface area contributed by atoms with Gasteiger partial charge in [0.2, 0.25) is 11.8 Å². The number of hydrogen-bond acceptors (Lipinski definition) is 6. The summed E-state index contributed by atoms with van der Waals surface area (Å²) in [5.74, 6) is -0.213. The third-order valence-corrected chi connectivity index (χ3v) is 4.08. The van der Waals surface area contributed by atoms with Gasteiger partial charge < -0.3 is 24.9 Å². The molecule has 5 atom stereocenters. The molecule has 2 amide bonds. The number of carbonyl (C=O) groups is 2. The maximum absolute atomic E-state index is 12.1. The van der Waals surface area contributed by atoms with Crippen LogP contribution in [0.5, 0.6) is 0 Å². The number of fused-ring (bicyclic) bond motifs is 1. The van der Waals surface area contributed by atoms with Crippen LogP contribution in [-0.2, 0) is 23.9 Å². The van der Waals surface area contributed by atoms with Crippen LogP contribution in [0.3, 0.4) is 0 Å². The standard InChI is InChI=1S/C14H21N3O5/c1-7-3-9(22-17-7)4-12(19)16-11-6-21-13-10(15-8(2)18)5-20-14(11)13/h9-11,13-14H,3-6H2,1-2H3,(H,15,18)(H,16,19)/t9?,10-,11-,13+,14+/m0/s1. The predicted molar refractivity (Wildman–Crippen MR) is 76.2 cm³/mol. The van der Waals surface area contributed by atoms with Crippen molar-refractivity contribution in [3.63, 3.8) is 0 Å². The second-order valence-corrected chi connectivity index (χ2v) is 6.04. The molecule has 0 aromatic heterocycles. The van der Waals surface area contributed by atoms with Gasteiger partial charge in [-0.2, -0.15) is 0 Å². The first-order chi connectivity index (χ1) is 10.5. The van der Waals surface area contributed by atoms with Gasteiger partial charge in [-0.25, -0.2) is 0 Å². The molecule has 3 aliphatic rings. The highest BCUT2D eigenvalue weighted by Crippen LogP contribution is 2.27. The lowest BCUT2D eigenvalue weighted by Crippen LogP contribution is -2.46. The minimum atomic E-state index is -0.219. The first-order valence-corrected chi connectivity index (χ1v) is 7.52. The number of oxime groups is 1. The minimum absolute atomic E-state index is 0.101. The molecule has 0 saturated carbocycles. The quantitative estimate of drug-likeness (QED) is 0.717. The van der Waals surface area contributed by atoms with Gasteiger partial charge in [-0.05, 0) is 6.92 Å². The monoisotopic (exact) mass is 311 g/mol. The summed E-state index contributed by atoms with van der Waals surface area (Å²) < 4.78 is 11.4. The predicted octanol–water partition coefficient (Wildman–Crippen LogP) is -0.672. The van der Waals surface area contributed by atoms with E-state index in [4.69, 9.17) is 14.3 Å². The first-order valence-electron chi connectivity index (χ1n) is 7.52. The molecule has 0 spiro atoms. The zero-order valence-electron chi connectivity index (χ0n) is 12.7. The lowest BCUT2D eigenvalue weighted by Gasteiger charge is -2.18. The molecule has 8 nitrogen and oxygen atoms in total. The number of hydrogen-bond donors (Lipinski definition) is 2. The van der Waals surface area contributed by atoms with Crippen LogP contribution in [0.25, 0.3) is 0 Å². The topological polar surface area (TPSA) is 98.2 Å². The Balaban J connectivity index is 1.48. The van der Waals surface area contributed by atoms with Crippen molar-refractivity contribution in [1.29, 1.82) is 0 Å². The van der Waals surface area contributed by atoms with Gasteiger partial charge in [0.1, 0.15) is 18.3 Å². The molecule has 2 saturated heterocycles. The zero-order chi connectivity index (χ0) is 15.7. The Morgan fingerprint density at radius 3 is 2.36 bits per heavy atom. The van der Waals surface area contributed by atoms with E-state index in [0.717, 1.165) is 5.71 Å². The van der Waals surface area contributed by atoms with Crippen molar-refractivity contribution in [1.82, 2.24) is 10.6 Å². The maximum Gasteiger partial charge on any atom is 0.224 e. The summed E-state index contributed by atoms with van der Waals surface area (Å²) in [5.41, 5.74) is 0.902. The van der Waals surface area contributed by atoms with Gasteiger partial charge in [0.05, 0.1) is 37.4 Å². The van der Waals surface area contributed by atoms with Crippen molar-refractivity contribution in [3.8, 4) is 0 Å². The molecule has 0 radical (unpaired) electrons. The van der Waals surface area contributed by atoms with Crippen molar-refractivity contribution >= 4 is 17.5 Å². The van der Waals surface area contributed by atoms with E-state index in [1.54, 1.807) is 0 Å². The molecule has 0 aromatic rings. The lowest BCUT2D eigenvalue weighted by atomic mass is 10.1. The molecule has 3 aliphatic heterocycles. The van der Waals surface area contributed by atoms with Crippen molar-refractivity contribution < 1.29 is 23.9 Å². The van der Waals surface area contributed by atoms with E-state index in [2.05, 4.69) is 15.8 Å². The highest BCUT2D eigenvalue weighted by atomic mass is 16.6. The van der Waals surface area contributed by atoms with Gasteiger partial charge in [-0.3, -0.25) is 9.59 Å². The van der Waals surface area contributed by atoms with Crippen molar-refractivity contribution in [3.05, 3.63) is 0 Å². The number of ether oxygens (including phenoxy) is 2. The molecular formula is C14H21N3O5. The van der Waals surface area contributed by atoms with Crippen LogP contribution in [0.2, 0.25) is 0 Å². The molecule has 3 heterocycles. The second-order valence-electron chi connectivity index (χ2n) is 6.04. The van der Waals surface area contributed by atoms with E-state index in [-0.39, 0.29) is 48.6 Å². The van der Waals surface area contributed by atoms with Crippen LogP contribution in [0.4, 0.5) is 0 Å². The van der Waals surface area contributed by atoms with Crippen molar-refractivity contribution in [2.45, 2.75) is 57.1 Å². The minimum Gasteiger partial charge on any atom is -0.392 e. The molecule has 0 aliphatic carbocycles. The number of amides is 2. The summed E-state index contributed by atoms with van der Waals surface area (Å²) in [5, 5.41) is 9.59. The summed E-state index contributed by atoms with van der Waals surface area (Å²) >= 11 is 0. The maximum atomic E-state index is 12.1. The molecule has 122 valence electrons. The molecule has 22 heavy (non-hydrogen) atoms. The molecule has 1 unspecified atom stereocenters. The van der Waals surface area contributed by atoms with E-state index in [1.807, 2.05) is 6.92 Å². The largest absolute Gasteiger partial charge is 0.392 e. The third kappa shape index (κ3) is 3.22. The summed E-state index contributed by atoms with van der Waals surface area (Å²) in [7, 11) is 0. The van der Waals surface area contributed by atoms with Crippen LogP contribution < -0.4 is 10.6 Å². The number of carbonyl (C=O) groups excluding carboxylic acids is 2. The van der Waals surface area contributed by atoms with Crippen molar-refractivity contribution in [2.75, 3.05) is 13.2 Å². The van der Waals surface area contributed by atoms with Gasteiger partial charge in [-0.15, -0.1) is 0 Å². The fourth-order valence-corrected chi connectivity index (χ4v) is 3.16. The summed E-state index contributed by atoms with van der Waals surface area (Å²) in [6.07, 6.45) is 0.339. The van der Waals surface area contributed by atoms with Gasteiger partial charge in [-0.1, -0.05) is 5.16 Å². The van der Waals surface area contributed by atoms with Crippen LogP contribution in [0.15, 0.2) is 5.16 Å². The van der Waals surface area contributed by atoms with Crippen LogP contribution in [-0.4, -0.2) is 61.1 Å². The van der Waals surface area contributed by atoms with Gasteiger partial charge in [0, 0.05) is 13.3 Å². The van der Waals surface area contributed by atoms with Crippen LogP contribution >= 0.6 is 0 Å². The summed E-state index contributed by atoms with van der Waals surface area (Å²) in [6.45, 7) is 4.13. The lowest BCUT2D eigenvalue weighted by molar-refractivity contribution is -0.125. The van der Waals surface area contributed by atoms with Crippen molar-refractivity contribution in [2.24, 2.45) is 5.16 Å². The van der Waals surface area contributed by atoms with E-state index >= 15 is 0 Å². The Bertz CT molecular complexity index is 495. The Morgan fingerprint density at radius 1 is 1.18 bits per heavy atom. The summed E-state index contributed by atoms with van der Waals surface area (Å²) in [4.78, 5) is 28.4. The summed E-state index contributed by atoms with van der Waals surface area (Å²) in [6, 6.07) is -0.349. The normalized spacial score (nSPS) is 36.5. The van der Waals surface area contributed by atoms with E-state index in [1.165, 1.54) is 6.92 Å². The molecule has 8 heteroatoms. The molecule has 2 N–H and O–H groups in total. The molecule has 3 rings (SSSR count). The fraction of sp³-hybridized carbons (Fsp3) is 0.786.